The number of benzene rings is 1. The lowest BCUT2D eigenvalue weighted by atomic mass is 10.1. The van der Waals surface area contributed by atoms with Gasteiger partial charge in [0, 0.05) is 34.8 Å². The van der Waals surface area contributed by atoms with E-state index in [-0.39, 0.29) is 15.6 Å². The summed E-state index contributed by atoms with van der Waals surface area (Å²) >= 11 is 6.76. The quantitative estimate of drug-likeness (QED) is 0.846. The molecule has 0 radical (unpaired) electrons. The monoisotopic (exact) mass is 284 g/mol. The molecule has 0 spiro atoms. The number of hydrogen-bond donors (Lipinski definition) is 1. The van der Waals surface area contributed by atoms with Crippen LogP contribution in [0.1, 0.15) is 19.4 Å². The second-order valence-corrected chi connectivity index (χ2v) is 7.30. The molecule has 2 N–H and O–H groups in total. The van der Waals surface area contributed by atoms with Crippen LogP contribution in [0.4, 0.5) is 10.1 Å². The van der Waals surface area contributed by atoms with Crippen LogP contribution in [0.15, 0.2) is 18.2 Å². The number of anilines is 1. The molecule has 1 fully saturated rings. The van der Waals surface area contributed by atoms with Gasteiger partial charge in [-0.25, -0.2) is 4.39 Å². The first-order valence-electron chi connectivity index (χ1n) is 5.87. The minimum Gasteiger partial charge on any atom is -0.389 e. The number of thiocarbonyl (C=S) groups is 1. The molecule has 98 valence electrons. The second kappa shape index (κ2) is 5.05. The first-order chi connectivity index (χ1) is 8.39. The number of thioether (sulfide) groups is 1. The fourth-order valence-corrected chi connectivity index (χ4v) is 3.41. The lowest BCUT2D eigenvalue weighted by molar-refractivity contribution is 0.618. The molecule has 18 heavy (non-hydrogen) atoms. The largest absolute Gasteiger partial charge is 0.389 e. The van der Waals surface area contributed by atoms with E-state index in [0.29, 0.717) is 5.56 Å². The van der Waals surface area contributed by atoms with Gasteiger partial charge in [-0.1, -0.05) is 12.2 Å². The first-order valence-corrected chi connectivity index (χ1v) is 7.27. The second-order valence-electron chi connectivity index (χ2n) is 5.06. The zero-order valence-corrected chi connectivity index (χ0v) is 12.2. The predicted molar refractivity (Wildman–Crippen MR) is 81.0 cm³/mol. The molecule has 1 heterocycles. The minimum absolute atomic E-state index is 0.105. The van der Waals surface area contributed by atoms with Crippen molar-refractivity contribution in [3.05, 3.63) is 29.6 Å². The fraction of sp³-hybridized carbons (Fsp3) is 0.462. The maximum Gasteiger partial charge on any atom is 0.135 e. The Morgan fingerprint density at radius 1 is 1.50 bits per heavy atom. The van der Waals surface area contributed by atoms with Gasteiger partial charge in [0.2, 0.25) is 0 Å². The molecule has 2 rings (SSSR count). The van der Waals surface area contributed by atoms with Crippen LogP contribution in [-0.4, -0.2) is 28.6 Å². The van der Waals surface area contributed by atoms with Crippen LogP contribution < -0.4 is 10.6 Å². The average Bonchev–Trinajstić information content (AvgIpc) is 2.27. The number of rotatable bonds is 2. The Hall–Kier alpha value is -0.810. The third-order valence-corrected chi connectivity index (χ3v) is 4.53. The van der Waals surface area contributed by atoms with E-state index in [1.807, 2.05) is 17.8 Å². The molecule has 2 nitrogen and oxygen atoms in total. The standard InChI is InChI=1S/C13H17FN2S2/c1-13(2)8-16(5-6-18-13)9-3-4-10(12(15)17)11(14)7-9/h3-4,7H,5-6,8H2,1-2H3,(H2,15,17). The van der Waals surface area contributed by atoms with Crippen LogP contribution in [0.5, 0.6) is 0 Å². The highest BCUT2D eigenvalue weighted by molar-refractivity contribution is 8.00. The number of halogens is 1. The molecule has 0 atom stereocenters. The normalized spacial score (nSPS) is 18.7. The summed E-state index contributed by atoms with van der Waals surface area (Å²) in [6.07, 6.45) is 0. The van der Waals surface area contributed by atoms with Crippen molar-refractivity contribution in [3.63, 3.8) is 0 Å². The molecule has 0 aliphatic carbocycles. The molecule has 0 saturated carbocycles. The minimum atomic E-state index is -0.337. The molecule has 0 aromatic heterocycles. The van der Waals surface area contributed by atoms with E-state index in [1.165, 1.54) is 6.07 Å². The van der Waals surface area contributed by atoms with Gasteiger partial charge in [0.05, 0.1) is 0 Å². The van der Waals surface area contributed by atoms with Gasteiger partial charge in [-0.05, 0) is 32.0 Å². The Morgan fingerprint density at radius 2 is 2.22 bits per heavy atom. The van der Waals surface area contributed by atoms with Crippen LogP contribution in [0.25, 0.3) is 0 Å². The van der Waals surface area contributed by atoms with E-state index in [1.54, 1.807) is 6.07 Å². The van der Waals surface area contributed by atoms with Crippen LogP contribution in [-0.2, 0) is 0 Å². The summed E-state index contributed by atoms with van der Waals surface area (Å²) in [4.78, 5) is 2.32. The van der Waals surface area contributed by atoms with Crippen molar-refractivity contribution in [3.8, 4) is 0 Å². The van der Waals surface area contributed by atoms with E-state index in [0.717, 1.165) is 24.5 Å². The summed E-state index contributed by atoms with van der Waals surface area (Å²) in [5.74, 6) is 0.724. The van der Waals surface area contributed by atoms with Gasteiger partial charge in [-0.2, -0.15) is 11.8 Å². The molecule has 0 unspecified atom stereocenters. The Labute approximate surface area is 117 Å². The summed E-state index contributed by atoms with van der Waals surface area (Å²) in [5, 5.41) is 0. The van der Waals surface area contributed by atoms with E-state index in [2.05, 4.69) is 18.7 Å². The summed E-state index contributed by atoms with van der Waals surface area (Å²) < 4.78 is 14.1. The third kappa shape index (κ3) is 2.95. The molecular formula is C13H17FN2S2. The molecule has 1 saturated heterocycles. The third-order valence-electron chi connectivity index (χ3n) is 3.01. The first kappa shape index (κ1) is 13.6. The van der Waals surface area contributed by atoms with Gasteiger partial charge < -0.3 is 10.6 Å². The van der Waals surface area contributed by atoms with Crippen LogP contribution >= 0.6 is 24.0 Å². The van der Waals surface area contributed by atoms with E-state index in [4.69, 9.17) is 18.0 Å². The summed E-state index contributed by atoms with van der Waals surface area (Å²) in [6, 6.07) is 5.09. The van der Waals surface area contributed by atoms with Crippen molar-refractivity contribution in [1.82, 2.24) is 0 Å². The van der Waals surface area contributed by atoms with Gasteiger partial charge in [0.15, 0.2) is 0 Å². The summed E-state index contributed by atoms with van der Waals surface area (Å²) in [6.45, 7) is 6.29. The Kier molecular flexibility index (Phi) is 3.82. The van der Waals surface area contributed by atoms with E-state index >= 15 is 0 Å². The van der Waals surface area contributed by atoms with Crippen molar-refractivity contribution in [2.75, 3.05) is 23.7 Å². The van der Waals surface area contributed by atoms with Crippen LogP contribution in [0.2, 0.25) is 0 Å². The van der Waals surface area contributed by atoms with Gasteiger partial charge in [0.25, 0.3) is 0 Å². The molecule has 1 aliphatic heterocycles. The molecule has 1 aromatic rings. The Balaban J connectivity index is 2.24. The summed E-state index contributed by atoms with van der Waals surface area (Å²) in [7, 11) is 0. The SMILES string of the molecule is CC1(C)CN(c2ccc(C(N)=S)c(F)c2)CCS1. The van der Waals surface area contributed by atoms with Crippen molar-refractivity contribution < 1.29 is 4.39 Å². The van der Waals surface area contributed by atoms with Crippen LogP contribution in [0.3, 0.4) is 0 Å². The van der Waals surface area contributed by atoms with Crippen molar-refractivity contribution in [1.29, 1.82) is 0 Å². The average molecular weight is 284 g/mol. The van der Waals surface area contributed by atoms with Gasteiger partial charge in [-0.3, -0.25) is 0 Å². The van der Waals surface area contributed by atoms with Crippen molar-refractivity contribution in [2.24, 2.45) is 5.73 Å². The molecule has 1 aliphatic rings. The number of nitrogens with two attached hydrogens (primary N) is 1. The molecule has 5 heteroatoms. The van der Waals surface area contributed by atoms with Crippen molar-refractivity contribution in [2.45, 2.75) is 18.6 Å². The Bertz CT molecular complexity index is 474. The summed E-state index contributed by atoms with van der Waals surface area (Å²) in [5.41, 5.74) is 6.68. The van der Waals surface area contributed by atoms with E-state index in [9.17, 15) is 4.39 Å². The lowest BCUT2D eigenvalue weighted by Crippen LogP contribution is -2.43. The molecule has 1 aromatic carbocycles. The smallest absolute Gasteiger partial charge is 0.135 e. The fourth-order valence-electron chi connectivity index (χ4n) is 2.14. The lowest BCUT2D eigenvalue weighted by Gasteiger charge is -2.39. The highest BCUT2D eigenvalue weighted by Gasteiger charge is 2.27. The van der Waals surface area contributed by atoms with Crippen LogP contribution in [0, 0.1) is 5.82 Å². The maximum absolute atomic E-state index is 13.8. The zero-order chi connectivity index (χ0) is 13.3. The predicted octanol–water partition coefficient (Wildman–Crippen LogP) is 2.79. The molecule has 0 bridgehead atoms. The Morgan fingerprint density at radius 3 is 2.78 bits per heavy atom. The zero-order valence-electron chi connectivity index (χ0n) is 10.6. The molecular weight excluding hydrogens is 267 g/mol. The number of hydrogen-bond acceptors (Lipinski definition) is 3. The van der Waals surface area contributed by atoms with Gasteiger partial charge in [-0.15, -0.1) is 0 Å². The maximum atomic E-state index is 13.8. The molecule has 0 amide bonds. The van der Waals surface area contributed by atoms with Gasteiger partial charge in [0.1, 0.15) is 10.8 Å². The van der Waals surface area contributed by atoms with Crippen molar-refractivity contribution >= 4 is 34.7 Å². The topological polar surface area (TPSA) is 29.3 Å². The highest BCUT2D eigenvalue weighted by atomic mass is 32.2. The van der Waals surface area contributed by atoms with Gasteiger partial charge >= 0.3 is 0 Å². The van der Waals surface area contributed by atoms with E-state index < -0.39 is 0 Å². The highest BCUT2D eigenvalue weighted by Crippen LogP contribution is 2.32. The number of nitrogens with zero attached hydrogens (tertiary/aromatic N) is 1.